The summed E-state index contributed by atoms with van der Waals surface area (Å²) in [6.45, 7) is 21.0. The minimum absolute atomic E-state index is 0.0208. The molecule has 0 unspecified atom stereocenters. The van der Waals surface area contributed by atoms with Gasteiger partial charge in [0.25, 0.3) is 5.56 Å². The average molecular weight is 633 g/mol. The summed E-state index contributed by atoms with van der Waals surface area (Å²) < 4.78 is 30.2. The van der Waals surface area contributed by atoms with Crippen LogP contribution in [0.4, 0.5) is 0 Å². The number of nitrogens with one attached hydrogen (secondary N) is 1. The zero-order valence-electron chi connectivity index (χ0n) is 26.9. The minimum atomic E-state index is -5.30. The fourth-order valence-corrected chi connectivity index (χ4v) is 6.39. The zero-order valence-corrected chi connectivity index (χ0v) is 27.8. The topological polar surface area (TPSA) is 163 Å². The highest BCUT2D eigenvalue weighted by molar-refractivity contribution is 7.43. The fourth-order valence-electron chi connectivity index (χ4n) is 6.06. The predicted octanol–water partition coefficient (Wildman–Crippen LogP) is 1.57. The Morgan fingerprint density at radius 2 is 1.51 bits per heavy atom. The van der Waals surface area contributed by atoms with E-state index in [2.05, 4.69) is 44.1 Å². The van der Waals surface area contributed by atoms with E-state index in [-0.39, 0.29) is 18.4 Å². The van der Waals surface area contributed by atoms with Crippen LogP contribution in [-0.4, -0.2) is 95.7 Å². The van der Waals surface area contributed by atoms with Crippen LogP contribution < -0.4 is 21.0 Å². The number of rotatable bonds is 20. The monoisotopic (exact) mass is 632 g/mol. The second kappa shape index (κ2) is 17.0. The molecule has 0 bridgehead atoms. The fraction of sp³-hybridized carbons (Fsp3) is 0.828. The molecule has 3 atom stereocenters. The Hall–Kier alpha value is -1.86. The van der Waals surface area contributed by atoms with Gasteiger partial charge in [-0.2, -0.15) is 0 Å². The first-order valence-electron chi connectivity index (χ1n) is 15.8. The van der Waals surface area contributed by atoms with Crippen LogP contribution in [-0.2, 0) is 23.4 Å². The molecular weight excluding hydrogens is 579 g/mol. The predicted molar refractivity (Wildman–Crippen MR) is 159 cm³/mol. The van der Waals surface area contributed by atoms with E-state index in [4.69, 9.17) is 9.47 Å². The van der Waals surface area contributed by atoms with Crippen molar-refractivity contribution in [3.05, 3.63) is 32.6 Å². The van der Waals surface area contributed by atoms with Crippen molar-refractivity contribution in [2.75, 3.05) is 59.0 Å². The van der Waals surface area contributed by atoms with Crippen molar-refractivity contribution in [3.8, 4) is 0 Å². The molecule has 1 aliphatic heterocycles. The first-order valence-corrected chi connectivity index (χ1v) is 17.3. The van der Waals surface area contributed by atoms with Crippen molar-refractivity contribution < 1.29 is 42.1 Å². The van der Waals surface area contributed by atoms with Crippen molar-refractivity contribution in [2.24, 2.45) is 0 Å². The number of aromatic nitrogens is 2. The number of hydrogen-bond donors (Lipinski definition) is 1. The van der Waals surface area contributed by atoms with E-state index in [0.717, 1.165) is 65.8 Å². The summed E-state index contributed by atoms with van der Waals surface area (Å²) in [5.74, 6) is -0.476. The van der Waals surface area contributed by atoms with E-state index in [1.807, 2.05) is 0 Å². The minimum Gasteiger partial charge on any atom is -0.790 e. The summed E-state index contributed by atoms with van der Waals surface area (Å²) in [7, 11) is -5.30. The number of phosphoric acid groups is 1. The Balaban J connectivity index is 1.93. The lowest BCUT2D eigenvalue weighted by molar-refractivity contribution is -0.930. The molecule has 0 aliphatic carbocycles. The Morgan fingerprint density at radius 1 is 0.977 bits per heavy atom. The maximum atomic E-state index is 12.8. The van der Waals surface area contributed by atoms with Crippen LogP contribution >= 0.6 is 7.82 Å². The van der Waals surface area contributed by atoms with Gasteiger partial charge < -0.3 is 37.3 Å². The third kappa shape index (κ3) is 11.2. The summed E-state index contributed by atoms with van der Waals surface area (Å²) in [6, 6.07) is 0. The normalized spacial score (nSPS) is 19.6. The second-order valence-corrected chi connectivity index (χ2v) is 12.9. The molecule has 13 nitrogen and oxygen atoms in total. The van der Waals surface area contributed by atoms with Crippen LogP contribution in [0.3, 0.4) is 0 Å². The number of carbonyl (C=O) groups is 1. The zero-order chi connectivity index (χ0) is 32.3. The molecule has 0 saturated carbocycles. The van der Waals surface area contributed by atoms with Crippen molar-refractivity contribution in [1.29, 1.82) is 0 Å². The smallest absolute Gasteiger partial charge is 0.330 e. The van der Waals surface area contributed by atoms with Gasteiger partial charge in [0.1, 0.15) is 18.4 Å². The molecule has 0 radical (unpaired) electrons. The number of quaternary nitrogens is 2. The van der Waals surface area contributed by atoms with E-state index < -0.39 is 50.1 Å². The van der Waals surface area contributed by atoms with Crippen molar-refractivity contribution >= 4 is 13.8 Å². The number of aromatic amines is 1. The Kier molecular flexibility index (Phi) is 14.8. The number of carbonyl (C=O) groups excluding carboxylic acids is 1. The molecule has 43 heavy (non-hydrogen) atoms. The molecule has 0 spiro atoms. The summed E-state index contributed by atoms with van der Waals surface area (Å²) >= 11 is 0. The maximum Gasteiger partial charge on any atom is 0.330 e. The Labute approximate surface area is 255 Å². The molecule has 1 N–H and O–H groups in total. The number of esters is 1. The number of hydrogen-bond acceptors (Lipinski definition) is 9. The molecule has 1 aromatic heterocycles. The summed E-state index contributed by atoms with van der Waals surface area (Å²) in [5.41, 5.74) is -0.998. The molecule has 2 heterocycles. The molecule has 1 fully saturated rings. The van der Waals surface area contributed by atoms with E-state index in [0.29, 0.717) is 6.42 Å². The molecule has 248 valence electrons. The van der Waals surface area contributed by atoms with Gasteiger partial charge in [-0.1, -0.05) is 0 Å². The van der Waals surface area contributed by atoms with Gasteiger partial charge in [0.05, 0.1) is 66.8 Å². The Bertz CT molecular complexity index is 1160. The molecule has 1 aliphatic rings. The first-order chi connectivity index (χ1) is 20.3. The van der Waals surface area contributed by atoms with Crippen LogP contribution in [0.2, 0.25) is 0 Å². The lowest BCUT2D eigenvalue weighted by Gasteiger charge is -2.38. The largest absolute Gasteiger partial charge is 0.790 e. The molecule has 1 aromatic rings. The SMILES string of the molecule is CC[N+](CC)(CC)CCCC[N+](CC)(CC)CCCCC(=O)O[C@H]1C[C@H](n2cc(C)c(=O)[nH]c2=O)O[C@@H]1COP(=O)([O-])[O-]. The van der Waals surface area contributed by atoms with Crippen LogP contribution in [0.15, 0.2) is 15.8 Å². The van der Waals surface area contributed by atoms with Crippen LogP contribution in [0.25, 0.3) is 0 Å². The van der Waals surface area contributed by atoms with E-state index in [1.54, 1.807) is 0 Å². The maximum absolute atomic E-state index is 12.8. The van der Waals surface area contributed by atoms with Gasteiger partial charge in [-0.05, 0) is 54.4 Å². The molecular formula is C29H53N4O9P. The number of phosphoric ester groups is 1. The van der Waals surface area contributed by atoms with E-state index >= 15 is 0 Å². The van der Waals surface area contributed by atoms with Crippen LogP contribution in [0.1, 0.15) is 84.9 Å². The highest BCUT2D eigenvalue weighted by Gasteiger charge is 2.40. The summed E-state index contributed by atoms with van der Waals surface area (Å²) in [6.07, 6.45) is 2.40. The summed E-state index contributed by atoms with van der Waals surface area (Å²) in [4.78, 5) is 61.2. The van der Waals surface area contributed by atoms with Gasteiger partial charge in [0.2, 0.25) is 0 Å². The van der Waals surface area contributed by atoms with Gasteiger partial charge in [-0.25, -0.2) is 4.79 Å². The van der Waals surface area contributed by atoms with E-state index in [1.165, 1.54) is 32.5 Å². The van der Waals surface area contributed by atoms with Crippen molar-refractivity contribution in [2.45, 2.75) is 98.5 Å². The highest BCUT2D eigenvalue weighted by Crippen LogP contribution is 2.34. The van der Waals surface area contributed by atoms with Crippen molar-refractivity contribution in [1.82, 2.24) is 9.55 Å². The standard InChI is InChI=1S/C29H53N4O9P/c1-7-32(8-2,9-3)17-14-15-19-33(10-4,11-5)18-13-12-16-27(34)42-24-20-26(41-25(24)22-40-43(37,38)39)31-21-23(6)28(35)30-29(31)36/h21,24-26H,7-20,22H2,1-6H3,(H-2,30,35,36,37,38,39)/t24-,25+,26+/m0/s1. The third-order valence-corrected chi connectivity index (χ3v) is 9.91. The number of nitrogens with zero attached hydrogens (tertiary/aromatic N) is 3. The van der Waals surface area contributed by atoms with Gasteiger partial charge >= 0.3 is 11.7 Å². The van der Waals surface area contributed by atoms with Crippen LogP contribution in [0.5, 0.6) is 0 Å². The Morgan fingerprint density at radius 3 is 2.05 bits per heavy atom. The second-order valence-electron chi connectivity index (χ2n) is 11.7. The average Bonchev–Trinajstić information content (AvgIpc) is 3.37. The van der Waals surface area contributed by atoms with Crippen molar-refractivity contribution in [3.63, 3.8) is 0 Å². The van der Waals surface area contributed by atoms with Gasteiger partial charge in [0, 0.05) is 37.4 Å². The van der Waals surface area contributed by atoms with Gasteiger partial charge in [-0.3, -0.25) is 19.1 Å². The number of ether oxygens (including phenoxy) is 2. The van der Waals surface area contributed by atoms with Crippen LogP contribution in [0, 0.1) is 6.92 Å². The summed E-state index contributed by atoms with van der Waals surface area (Å²) in [5, 5.41) is 0. The highest BCUT2D eigenvalue weighted by atomic mass is 31.2. The molecule has 14 heteroatoms. The van der Waals surface area contributed by atoms with Gasteiger partial charge in [-0.15, -0.1) is 0 Å². The first kappa shape index (κ1) is 37.3. The van der Waals surface area contributed by atoms with Gasteiger partial charge in [0.15, 0.2) is 0 Å². The number of aryl methyl sites for hydroxylation is 1. The number of H-pyrrole nitrogens is 1. The molecule has 1 saturated heterocycles. The molecule has 0 aromatic carbocycles. The number of unbranched alkanes of at least 4 members (excludes halogenated alkanes) is 2. The third-order valence-electron chi connectivity index (χ3n) is 9.45. The molecule has 0 amide bonds. The van der Waals surface area contributed by atoms with E-state index in [9.17, 15) is 28.7 Å². The lowest BCUT2D eigenvalue weighted by atomic mass is 10.1. The lowest BCUT2D eigenvalue weighted by Crippen LogP contribution is -2.50. The quantitative estimate of drug-likeness (QED) is 0.0973. The molecule has 2 rings (SSSR count).